The van der Waals surface area contributed by atoms with Crippen molar-refractivity contribution in [3.8, 4) is 5.75 Å². The molecule has 2 nitrogen and oxygen atoms in total. The molecular formula is C17H21NOS. The number of benzene rings is 2. The first-order valence-electron chi connectivity index (χ1n) is 6.73. The minimum atomic E-state index is 0.881. The molecule has 0 saturated carbocycles. The normalized spacial score (nSPS) is 10.6. The van der Waals surface area contributed by atoms with Crippen LogP contribution in [0.25, 0.3) is 0 Å². The standard InChI is InChI=1S/C17H21NOS/c1-13-5-4-6-16(9-13)20-12-15-10-14(11-18-2)7-8-17(15)19-3/h4-10,18H,11-12H2,1-3H3. The maximum Gasteiger partial charge on any atom is 0.122 e. The molecular weight excluding hydrogens is 266 g/mol. The second-order valence-electron chi connectivity index (χ2n) is 4.78. The molecule has 3 heteroatoms. The number of hydrogen-bond donors (Lipinski definition) is 1. The van der Waals surface area contributed by atoms with E-state index >= 15 is 0 Å². The Hall–Kier alpha value is -1.45. The Morgan fingerprint density at radius 2 is 2.00 bits per heavy atom. The summed E-state index contributed by atoms with van der Waals surface area (Å²) in [6.07, 6.45) is 0. The summed E-state index contributed by atoms with van der Waals surface area (Å²) in [4.78, 5) is 1.30. The van der Waals surface area contributed by atoms with Crippen molar-refractivity contribution in [2.45, 2.75) is 24.1 Å². The molecule has 0 spiro atoms. The third kappa shape index (κ3) is 4.02. The molecule has 2 rings (SSSR count). The lowest BCUT2D eigenvalue weighted by Gasteiger charge is -2.11. The van der Waals surface area contributed by atoms with Gasteiger partial charge in [0.1, 0.15) is 5.75 Å². The maximum absolute atomic E-state index is 5.46. The van der Waals surface area contributed by atoms with Crippen molar-refractivity contribution in [1.29, 1.82) is 0 Å². The van der Waals surface area contributed by atoms with Crippen LogP contribution in [0.15, 0.2) is 47.4 Å². The maximum atomic E-state index is 5.46. The first-order valence-corrected chi connectivity index (χ1v) is 7.71. The number of hydrogen-bond acceptors (Lipinski definition) is 3. The van der Waals surface area contributed by atoms with Gasteiger partial charge in [-0.1, -0.05) is 23.8 Å². The summed E-state index contributed by atoms with van der Waals surface area (Å²) >= 11 is 1.84. The lowest BCUT2D eigenvalue weighted by molar-refractivity contribution is 0.411. The Kier molecular flexibility index (Phi) is 5.50. The zero-order valence-corrected chi connectivity index (χ0v) is 13.1. The van der Waals surface area contributed by atoms with Gasteiger partial charge in [-0.05, 0) is 43.8 Å². The lowest BCUT2D eigenvalue weighted by Crippen LogP contribution is -2.05. The van der Waals surface area contributed by atoms with Crippen molar-refractivity contribution in [3.05, 3.63) is 59.2 Å². The van der Waals surface area contributed by atoms with Gasteiger partial charge in [0, 0.05) is 22.8 Å². The van der Waals surface area contributed by atoms with Crippen LogP contribution in [0.1, 0.15) is 16.7 Å². The fourth-order valence-electron chi connectivity index (χ4n) is 2.13. The summed E-state index contributed by atoms with van der Waals surface area (Å²) in [5.41, 5.74) is 3.82. The van der Waals surface area contributed by atoms with Crippen molar-refractivity contribution in [2.24, 2.45) is 0 Å². The van der Waals surface area contributed by atoms with E-state index in [0.717, 1.165) is 18.0 Å². The number of ether oxygens (including phenoxy) is 1. The first-order chi connectivity index (χ1) is 9.72. The van der Waals surface area contributed by atoms with E-state index in [1.165, 1.54) is 21.6 Å². The van der Waals surface area contributed by atoms with Gasteiger partial charge in [0.15, 0.2) is 0 Å². The summed E-state index contributed by atoms with van der Waals surface area (Å²) < 4.78 is 5.46. The molecule has 2 aromatic rings. The van der Waals surface area contributed by atoms with E-state index in [4.69, 9.17) is 4.74 Å². The highest BCUT2D eigenvalue weighted by molar-refractivity contribution is 7.98. The minimum absolute atomic E-state index is 0.881. The molecule has 0 aliphatic heterocycles. The van der Waals surface area contributed by atoms with Gasteiger partial charge in [0.2, 0.25) is 0 Å². The predicted octanol–water partition coefficient (Wildman–Crippen LogP) is 4.02. The Labute approximate surface area is 125 Å². The van der Waals surface area contributed by atoms with Crippen LogP contribution in [0, 0.1) is 6.92 Å². The molecule has 0 bridgehead atoms. The molecule has 0 fully saturated rings. The Bertz CT molecular complexity index is 569. The Balaban J connectivity index is 2.12. The molecule has 0 aliphatic rings. The van der Waals surface area contributed by atoms with Crippen LogP contribution in [-0.2, 0) is 12.3 Å². The van der Waals surface area contributed by atoms with Crippen LogP contribution in [-0.4, -0.2) is 14.2 Å². The van der Waals surface area contributed by atoms with E-state index in [-0.39, 0.29) is 0 Å². The smallest absolute Gasteiger partial charge is 0.122 e. The molecule has 2 aromatic carbocycles. The first kappa shape index (κ1) is 14.9. The number of methoxy groups -OCH3 is 1. The molecule has 106 valence electrons. The van der Waals surface area contributed by atoms with Gasteiger partial charge in [-0.15, -0.1) is 11.8 Å². The van der Waals surface area contributed by atoms with Crippen molar-refractivity contribution < 1.29 is 4.74 Å². The molecule has 0 unspecified atom stereocenters. The molecule has 20 heavy (non-hydrogen) atoms. The molecule has 0 radical (unpaired) electrons. The van der Waals surface area contributed by atoms with Gasteiger partial charge in [0.25, 0.3) is 0 Å². The average Bonchev–Trinajstić information content (AvgIpc) is 2.46. The monoisotopic (exact) mass is 287 g/mol. The fraction of sp³-hybridized carbons (Fsp3) is 0.294. The van der Waals surface area contributed by atoms with Crippen LogP contribution in [0.5, 0.6) is 5.75 Å². The summed E-state index contributed by atoms with van der Waals surface area (Å²) in [7, 11) is 3.69. The van der Waals surface area contributed by atoms with Crippen molar-refractivity contribution in [3.63, 3.8) is 0 Å². The van der Waals surface area contributed by atoms with E-state index in [9.17, 15) is 0 Å². The summed E-state index contributed by atoms with van der Waals surface area (Å²) in [6.45, 7) is 3.00. The highest BCUT2D eigenvalue weighted by Crippen LogP contribution is 2.29. The molecule has 1 N–H and O–H groups in total. The number of aryl methyl sites for hydroxylation is 1. The van der Waals surface area contributed by atoms with Crippen molar-refractivity contribution in [2.75, 3.05) is 14.2 Å². The summed E-state index contributed by atoms with van der Waals surface area (Å²) in [5, 5.41) is 3.18. The molecule has 0 aromatic heterocycles. The van der Waals surface area contributed by atoms with Gasteiger partial charge in [-0.25, -0.2) is 0 Å². The van der Waals surface area contributed by atoms with Crippen LogP contribution in [0.2, 0.25) is 0 Å². The van der Waals surface area contributed by atoms with Gasteiger partial charge >= 0.3 is 0 Å². The van der Waals surface area contributed by atoms with E-state index in [1.54, 1.807) is 7.11 Å². The van der Waals surface area contributed by atoms with E-state index in [2.05, 4.69) is 54.7 Å². The van der Waals surface area contributed by atoms with Crippen LogP contribution < -0.4 is 10.1 Å². The van der Waals surface area contributed by atoms with Crippen molar-refractivity contribution in [1.82, 2.24) is 5.32 Å². The fourth-order valence-corrected chi connectivity index (χ4v) is 3.12. The van der Waals surface area contributed by atoms with E-state index in [1.807, 2.05) is 18.8 Å². The number of rotatable bonds is 6. The van der Waals surface area contributed by atoms with Gasteiger partial charge < -0.3 is 10.1 Å². The Morgan fingerprint density at radius 3 is 2.70 bits per heavy atom. The molecule has 0 aliphatic carbocycles. The van der Waals surface area contributed by atoms with Crippen LogP contribution in [0.4, 0.5) is 0 Å². The second-order valence-corrected chi connectivity index (χ2v) is 5.83. The summed E-state index contributed by atoms with van der Waals surface area (Å²) in [6, 6.07) is 15.0. The quantitative estimate of drug-likeness (QED) is 0.811. The molecule has 0 heterocycles. The van der Waals surface area contributed by atoms with Gasteiger partial charge in [-0.2, -0.15) is 0 Å². The average molecular weight is 287 g/mol. The second kappa shape index (κ2) is 7.36. The molecule has 0 saturated heterocycles. The van der Waals surface area contributed by atoms with Gasteiger partial charge in [-0.3, -0.25) is 0 Å². The minimum Gasteiger partial charge on any atom is -0.496 e. The number of nitrogens with one attached hydrogen (secondary N) is 1. The third-order valence-corrected chi connectivity index (χ3v) is 4.15. The third-order valence-electron chi connectivity index (χ3n) is 3.11. The Morgan fingerprint density at radius 1 is 1.15 bits per heavy atom. The van der Waals surface area contributed by atoms with Crippen molar-refractivity contribution >= 4 is 11.8 Å². The van der Waals surface area contributed by atoms with Crippen LogP contribution in [0.3, 0.4) is 0 Å². The predicted molar refractivity (Wildman–Crippen MR) is 86.5 cm³/mol. The van der Waals surface area contributed by atoms with E-state index < -0.39 is 0 Å². The zero-order chi connectivity index (χ0) is 14.4. The van der Waals surface area contributed by atoms with Gasteiger partial charge in [0.05, 0.1) is 7.11 Å². The zero-order valence-electron chi connectivity index (χ0n) is 12.3. The lowest BCUT2D eigenvalue weighted by atomic mass is 10.1. The molecule has 0 atom stereocenters. The summed E-state index contributed by atoms with van der Waals surface area (Å²) in [5.74, 6) is 1.88. The topological polar surface area (TPSA) is 21.3 Å². The number of thioether (sulfide) groups is 1. The molecule has 0 amide bonds. The van der Waals surface area contributed by atoms with E-state index in [0.29, 0.717) is 0 Å². The van der Waals surface area contributed by atoms with Crippen LogP contribution >= 0.6 is 11.8 Å². The SMILES string of the molecule is CNCc1ccc(OC)c(CSc2cccc(C)c2)c1. The highest BCUT2D eigenvalue weighted by atomic mass is 32.2. The largest absolute Gasteiger partial charge is 0.496 e. The highest BCUT2D eigenvalue weighted by Gasteiger charge is 2.05.